The molecular weight excluding hydrogens is 276 g/mol. The highest BCUT2D eigenvalue weighted by Gasteiger charge is 2.05. The van der Waals surface area contributed by atoms with Crippen molar-refractivity contribution in [1.29, 1.82) is 0 Å². The molecule has 0 aliphatic carbocycles. The predicted octanol–water partition coefficient (Wildman–Crippen LogP) is 3.00. The smallest absolute Gasteiger partial charge is 0.244 e. The van der Waals surface area contributed by atoms with Crippen molar-refractivity contribution in [2.24, 2.45) is 5.10 Å². The Hall–Kier alpha value is -2.62. The molecule has 0 aliphatic heterocycles. The van der Waals surface area contributed by atoms with Crippen molar-refractivity contribution in [1.82, 2.24) is 5.43 Å². The van der Waals surface area contributed by atoms with Crippen LogP contribution in [0.2, 0.25) is 0 Å². The molecular formula is C18H20N2O2. The van der Waals surface area contributed by atoms with Crippen molar-refractivity contribution in [2.45, 2.75) is 20.3 Å². The van der Waals surface area contributed by atoms with Crippen molar-refractivity contribution in [3.8, 4) is 5.75 Å². The second-order valence-electron chi connectivity index (χ2n) is 5.14. The van der Waals surface area contributed by atoms with E-state index in [2.05, 4.69) is 16.6 Å². The zero-order chi connectivity index (χ0) is 15.9. The second kappa shape index (κ2) is 7.41. The number of hydrogen-bond donors (Lipinski definition) is 1. The number of carbonyl (C=O) groups is 1. The van der Waals surface area contributed by atoms with E-state index in [9.17, 15) is 4.79 Å². The van der Waals surface area contributed by atoms with Crippen LogP contribution in [0.1, 0.15) is 22.3 Å². The summed E-state index contributed by atoms with van der Waals surface area (Å²) in [6.45, 7) is 4.04. The average molecular weight is 296 g/mol. The van der Waals surface area contributed by atoms with E-state index in [4.69, 9.17) is 4.74 Å². The van der Waals surface area contributed by atoms with Gasteiger partial charge in [-0.1, -0.05) is 35.9 Å². The number of ether oxygens (including phenoxy) is 1. The van der Waals surface area contributed by atoms with Crippen molar-refractivity contribution < 1.29 is 9.53 Å². The topological polar surface area (TPSA) is 50.7 Å². The van der Waals surface area contributed by atoms with Gasteiger partial charge >= 0.3 is 0 Å². The van der Waals surface area contributed by atoms with Crippen LogP contribution >= 0.6 is 0 Å². The number of aryl methyl sites for hydroxylation is 2. The summed E-state index contributed by atoms with van der Waals surface area (Å²) in [4.78, 5) is 11.9. The molecule has 0 fully saturated rings. The minimum Gasteiger partial charge on any atom is -0.496 e. The minimum absolute atomic E-state index is 0.141. The second-order valence-corrected chi connectivity index (χ2v) is 5.14. The first-order chi connectivity index (χ1) is 10.6. The molecule has 0 saturated carbocycles. The number of nitrogens with one attached hydrogen (secondary N) is 1. The molecule has 0 heterocycles. The van der Waals surface area contributed by atoms with Crippen molar-refractivity contribution in [3.05, 3.63) is 64.7 Å². The third-order valence-electron chi connectivity index (χ3n) is 3.38. The Morgan fingerprint density at radius 2 is 2.00 bits per heavy atom. The van der Waals surface area contributed by atoms with Crippen LogP contribution in [-0.2, 0) is 11.2 Å². The number of para-hydroxylation sites is 1. The first-order valence-corrected chi connectivity index (χ1v) is 7.11. The lowest BCUT2D eigenvalue weighted by Crippen LogP contribution is -2.20. The van der Waals surface area contributed by atoms with Gasteiger partial charge < -0.3 is 4.74 Å². The highest BCUT2D eigenvalue weighted by molar-refractivity contribution is 5.85. The molecule has 4 nitrogen and oxygen atoms in total. The summed E-state index contributed by atoms with van der Waals surface area (Å²) in [7, 11) is 1.60. The lowest BCUT2D eigenvalue weighted by Gasteiger charge is -2.06. The summed E-state index contributed by atoms with van der Waals surface area (Å²) >= 11 is 0. The van der Waals surface area contributed by atoms with Gasteiger partial charge in [-0.25, -0.2) is 5.43 Å². The Morgan fingerprint density at radius 1 is 1.23 bits per heavy atom. The van der Waals surface area contributed by atoms with E-state index in [-0.39, 0.29) is 5.91 Å². The molecule has 2 aromatic carbocycles. The Labute approximate surface area is 130 Å². The third-order valence-corrected chi connectivity index (χ3v) is 3.38. The van der Waals surface area contributed by atoms with Crippen LogP contribution in [0.5, 0.6) is 5.75 Å². The van der Waals surface area contributed by atoms with Gasteiger partial charge in [0.25, 0.3) is 0 Å². The van der Waals surface area contributed by atoms with Crippen LogP contribution in [0.3, 0.4) is 0 Å². The molecule has 0 aliphatic rings. The number of hydrazone groups is 1. The van der Waals surface area contributed by atoms with Crippen LogP contribution in [0, 0.1) is 13.8 Å². The largest absolute Gasteiger partial charge is 0.496 e. The van der Waals surface area contributed by atoms with Crippen LogP contribution in [0.4, 0.5) is 0 Å². The number of nitrogens with zero attached hydrogens (tertiary/aromatic N) is 1. The zero-order valence-electron chi connectivity index (χ0n) is 13.1. The molecule has 0 bridgehead atoms. The molecule has 2 aromatic rings. The first kappa shape index (κ1) is 15.8. The van der Waals surface area contributed by atoms with Gasteiger partial charge in [0, 0.05) is 5.56 Å². The standard InChI is InChI=1S/C18H20N2O2/c1-13-8-9-15(14(2)10-13)11-18(21)20-19-12-16-6-4-5-7-17(16)22-3/h4-10,12H,11H2,1-3H3,(H,20,21)/b19-12-. The number of hydrogen-bond acceptors (Lipinski definition) is 3. The SMILES string of the molecule is COc1ccccc1/C=N\NC(=O)Cc1ccc(C)cc1C. The fourth-order valence-corrected chi connectivity index (χ4v) is 2.20. The van der Waals surface area contributed by atoms with E-state index in [1.54, 1.807) is 13.3 Å². The van der Waals surface area contributed by atoms with E-state index in [0.29, 0.717) is 6.42 Å². The van der Waals surface area contributed by atoms with Crippen LogP contribution in [-0.4, -0.2) is 19.2 Å². The predicted molar refractivity (Wildman–Crippen MR) is 88.4 cm³/mol. The van der Waals surface area contributed by atoms with Crippen LogP contribution in [0.25, 0.3) is 0 Å². The maximum Gasteiger partial charge on any atom is 0.244 e. The number of methoxy groups -OCH3 is 1. The van der Waals surface area contributed by atoms with Gasteiger partial charge in [0.2, 0.25) is 5.91 Å². The Kier molecular flexibility index (Phi) is 5.31. The molecule has 1 amide bonds. The molecule has 0 unspecified atom stereocenters. The van der Waals surface area contributed by atoms with Gasteiger partial charge in [-0.05, 0) is 37.1 Å². The van der Waals surface area contributed by atoms with Crippen LogP contribution < -0.4 is 10.2 Å². The van der Waals surface area contributed by atoms with Crippen molar-refractivity contribution in [3.63, 3.8) is 0 Å². The molecule has 2 rings (SSSR count). The van der Waals surface area contributed by atoms with Gasteiger partial charge in [0.15, 0.2) is 0 Å². The number of amides is 1. The summed E-state index contributed by atoms with van der Waals surface area (Å²) in [6, 6.07) is 13.6. The number of carbonyl (C=O) groups excluding carboxylic acids is 1. The van der Waals surface area contributed by atoms with Gasteiger partial charge in [-0.2, -0.15) is 5.10 Å². The van der Waals surface area contributed by atoms with Gasteiger partial charge in [-0.15, -0.1) is 0 Å². The minimum atomic E-state index is -0.141. The maximum atomic E-state index is 11.9. The Morgan fingerprint density at radius 3 is 2.73 bits per heavy atom. The Bertz CT molecular complexity index is 693. The molecule has 4 heteroatoms. The third kappa shape index (κ3) is 4.19. The van der Waals surface area contributed by atoms with E-state index in [1.165, 1.54) is 5.56 Å². The van der Waals surface area contributed by atoms with Crippen molar-refractivity contribution in [2.75, 3.05) is 7.11 Å². The highest BCUT2D eigenvalue weighted by atomic mass is 16.5. The van der Waals surface area contributed by atoms with E-state index < -0.39 is 0 Å². The van der Waals surface area contributed by atoms with Gasteiger partial charge in [0.05, 0.1) is 19.7 Å². The summed E-state index contributed by atoms with van der Waals surface area (Å²) < 4.78 is 5.22. The number of benzene rings is 2. The normalized spacial score (nSPS) is 10.7. The van der Waals surface area contributed by atoms with Crippen LogP contribution in [0.15, 0.2) is 47.6 Å². The fraction of sp³-hybridized carbons (Fsp3) is 0.222. The summed E-state index contributed by atoms with van der Waals surface area (Å²) in [5, 5.41) is 3.99. The molecule has 22 heavy (non-hydrogen) atoms. The quantitative estimate of drug-likeness (QED) is 0.681. The molecule has 0 spiro atoms. The molecule has 0 radical (unpaired) electrons. The average Bonchev–Trinajstić information content (AvgIpc) is 2.50. The lowest BCUT2D eigenvalue weighted by molar-refractivity contribution is -0.120. The van der Waals surface area contributed by atoms with Gasteiger partial charge in [0.1, 0.15) is 5.75 Å². The summed E-state index contributed by atoms with van der Waals surface area (Å²) in [5.74, 6) is 0.577. The molecule has 1 N–H and O–H groups in total. The summed E-state index contributed by atoms with van der Waals surface area (Å²) in [6.07, 6.45) is 1.90. The monoisotopic (exact) mass is 296 g/mol. The molecule has 0 atom stereocenters. The van der Waals surface area contributed by atoms with Crippen molar-refractivity contribution >= 4 is 12.1 Å². The molecule has 114 valence electrons. The highest BCUT2D eigenvalue weighted by Crippen LogP contribution is 2.14. The fourth-order valence-electron chi connectivity index (χ4n) is 2.20. The number of rotatable bonds is 5. The maximum absolute atomic E-state index is 11.9. The lowest BCUT2D eigenvalue weighted by atomic mass is 10.0. The van der Waals surface area contributed by atoms with E-state index >= 15 is 0 Å². The Balaban J connectivity index is 1.96. The van der Waals surface area contributed by atoms with E-state index in [1.807, 2.05) is 50.2 Å². The summed E-state index contributed by atoms with van der Waals surface area (Å²) in [5.41, 5.74) is 6.68. The molecule has 0 saturated heterocycles. The van der Waals surface area contributed by atoms with E-state index in [0.717, 1.165) is 22.4 Å². The van der Waals surface area contributed by atoms with Gasteiger partial charge in [-0.3, -0.25) is 4.79 Å². The first-order valence-electron chi connectivity index (χ1n) is 7.11. The zero-order valence-corrected chi connectivity index (χ0v) is 13.1. The molecule has 0 aromatic heterocycles.